The minimum atomic E-state index is -0.0550. The van der Waals surface area contributed by atoms with Crippen LogP contribution in [0.1, 0.15) is 43.1 Å². The number of hydrogen-bond donors (Lipinski definition) is 2. The molecule has 0 atom stereocenters. The lowest BCUT2D eigenvalue weighted by atomic mass is 9.92. The van der Waals surface area contributed by atoms with E-state index in [0.29, 0.717) is 18.7 Å². The van der Waals surface area contributed by atoms with Crippen LogP contribution in [0.25, 0.3) is 0 Å². The van der Waals surface area contributed by atoms with Gasteiger partial charge < -0.3 is 11.1 Å². The number of carbonyl (C=O) groups excluding carboxylic acids is 1. The third-order valence-electron chi connectivity index (χ3n) is 2.62. The molecule has 1 amide bonds. The Balaban J connectivity index is 2.62. The first-order valence-corrected chi connectivity index (χ1v) is 6.49. The molecule has 3 heteroatoms. The van der Waals surface area contributed by atoms with E-state index in [4.69, 9.17) is 5.73 Å². The number of hydrogen-bond acceptors (Lipinski definition) is 2. The number of carbonyl (C=O) groups is 1. The van der Waals surface area contributed by atoms with E-state index in [1.54, 1.807) is 12.1 Å². The highest BCUT2D eigenvalue weighted by Crippen LogP contribution is 2.17. The molecule has 1 aromatic rings. The average Bonchev–Trinajstić information content (AvgIpc) is 2.35. The van der Waals surface area contributed by atoms with Crippen molar-refractivity contribution < 1.29 is 4.79 Å². The minimum Gasteiger partial charge on any atom is -0.352 e. The van der Waals surface area contributed by atoms with Gasteiger partial charge in [-0.2, -0.15) is 0 Å². The van der Waals surface area contributed by atoms with Crippen molar-refractivity contribution in [1.82, 2.24) is 5.32 Å². The molecule has 1 rings (SSSR count). The maximum Gasteiger partial charge on any atom is 0.251 e. The summed E-state index contributed by atoms with van der Waals surface area (Å²) in [7, 11) is 0. The molecule has 0 aliphatic heterocycles. The molecule has 0 saturated heterocycles. The maximum absolute atomic E-state index is 12.0. The zero-order chi connectivity index (χ0) is 14.3. The summed E-state index contributed by atoms with van der Waals surface area (Å²) in [6.45, 7) is 7.47. The van der Waals surface area contributed by atoms with Crippen LogP contribution in [0.4, 0.5) is 0 Å². The fourth-order valence-electron chi connectivity index (χ4n) is 1.54. The van der Waals surface area contributed by atoms with Crippen LogP contribution in [0.2, 0.25) is 0 Å². The van der Waals surface area contributed by atoms with Crippen molar-refractivity contribution >= 4 is 5.91 Å². The summed E-state index contributed by atoms with van der Waals surface area (Å²) in [5.74, 6) is 5.65. The number of benzene rings is 1. The number of nitrogens with one attached hydrogen (secondary N) is 1. The van der Waals surface area contributed by atoms with Gasteiger partial charge in [0, 0.05) is 17.7 Å². The largest absolute Gasteiger partial charge is 0.352 e. The monoisotopic (exact) mass is 258 g/mol. The molecule has 0 aromatic heterocycles. The second-order valence-electron chi connectivity index (χ2n) is 5.65. The van der Waals surface area contributed by atoms with E-state index in [0.717, 1.165) is 12.0 Å². The van der Waals surface area contributed by atoms with Crippen molar-refractivity contribution in [2.24, 2.45) is 11.1 Å². The molecule has 3 N–H and O–H groups in total. The third kappa shape index (κ3) is 6.08. The molecule has 0 saturated carbocycles. The first-order chi connectivity index (χ1) is 8.92. The van der Waals surface area contributed by atoms with Crippen LogP contribution < -0.4 is 11.1 Å². The molecule has 0 spiro atoms. The molecule has 102 valence electrons. The first-order valence-electron chi connectivity index (χ1n) is 6.49. The third-order valence-corrected chi connectivity index (χ3v) is 2.62. The van der Waals surface area contributed by atoms with Crippen molar-refractivity contribution in [2.75, 3.05) is 13.1 Å². The summed E-state index contributed by atoms with van der Waals surface area (Å²) in [4.78, 5) is 12.0. The Labute approximate surface area is 115 Å². The van der Waals surface area contributed by atoms with E-state index >= 15 is 0 Å². The van der Waals surface area contributed by atoms with Gasteiger partial charge >= 0.3 is 0 Å². The van der Waals surface area contributed by atoms with Gasteiger partial charge in [0.15, 0.2) is 0 Å². The summed E-state index contributed by atoms with van der Waals surface area (Å²) in [5, 5.41) is 2.93. The Bertz CT molecular complexity index is 489. The second kappa shape index (κ2) is 6.96. The predicted octanol–water partition coefficient (Wildman–Crippen LogP) is 2.16. The lowest BCUT2D eigenvalue weighted by molar-refractivity contribution is 0.0949. The standard InChI is InChI=1S/C16H22N2O/c1-16(2,3)9-11-18-15(19)14-8-4-6-13(12-14)7-5-10-17/h4,6,8,12H,9-11,17H2,1-3H3,(H,18,19). The van der Waals surface area contributed by atoms with E-state index in [1.807, 2.05) is 12.1 Å². The lowest BCUT2D eigenvalue weighted by Gasteiger charge is -2.18. The summed E-state index contributed by atoms with van der Waals surface area (Å²) < 4.78 is 0. The topological polar surface area (TPSA) is 55.1 Å². The smallest absolute Gasteiger partial charge is 0.251 e. The Hall–Kier alpha value is -1.79. The second-order valence-corrected chi connectivity index (χ2v) is 5.65. The highest BCUT2D eigenvalue weighted by atomic mass is 16.1. The Kier molecular flexibility index (Phi) is 5.59. The Morgan fingerprint density at radius 2 is 2.11 bits per heavy atom. The van der Waals surface area contributed by atoms with Gasteiger partial charge in [0.2, 0.25) is 0 Å². The normalized spacial score (nSPS) is 10.5. The molecular formula is C16H22N2O. The molecule has 0 radical (unpaired) electrons. The van der Waals surface area contributed by atoms with Gasteiger partial charge in [-0.25, -0.2) is 0 Å². The fourth-order valence-corrected chi connectivity index (χ4v) is 1.54. The molecule has 0 aliphatic carbocycles. The van der Waals surface area contributed by atoms with E-state index in [2.05, 4.69) is 37.9 Å². The van der Waals surface area contributed by atoms with Crippen molar-refractivity contribution in [2.45, 2.75) is 27.2 Å². The summed E-state index contributed by atoms with van der Waals surface area (Å²) in [6.07, 6.45) is 0.950. The van der Waals surface area contributed by atoms with Gasteiger partial charge in [0.25, 0.3) is 5.91 Å². The van der Waals surface area contributed by atoms with Crippen molar-refractivity contribution in [3.05, 3.63) is 35.4 Å². The molecule has 0 aliphatic rings. The predicted molar refractivity (Wildman–Crippen MR) is 78.8 cm³/mol. The van der Waals surface area contributed by atoms with Crippen LogP contribution in [0.3, 0.4) is 0 Å². The number of amides is 1. The van der Waals surface area contributed by atoms with Gasteiger partial charge in [-0.1, -0.05) is 38.7 Å². The molecule has 0 unspecified atom stereocenters. The van der Waals surface area contributed by atoms with E-state index in [9.17, 15) is 4.79 Å². The molecule has 3 nitrogen and oxygen atoms in total. The van der Waals surface area contributed by atoms with Gasteiger partial charge in [-0.15, -0.1) is 0 Å². The minimum absolute atomic E-state index is 0.0550. The van der Waals surface area contributed by atoms with Gasteiger partial charge in [-0.3, -0.25) is 4.79 Å². The van der Waals surface area contributed by atoms with Crippen LogP contribution in [-0.2, 0) is 0 Å². The van der Waals surface area contributed by atoms with Crippen molar-refractivity contribution in [3.63, 3.8) is 0 Å². The molecule has 0 bridgehead atoms. The molecule has 0 heterocycles. The van der Waals surface area contributed by atoms with Crippen LogP contribution in [0, 0.1) is 17.3 Å². The van der Waals surface area contributed by atoms with E-state index in [-0.39, 0.29) is 11.3 Å². The highest BCUT2D eigenvalue weighted by Gasteiger charge is 2.11. The van der Waals surface area contributed by atoms with Gasteiger partial charge in [0.05, 0.1) is 6.54 Å². The Morgan fingerprint density at radius 1 is 1.37 bits per heavy atom. The summed E-state index contributed by atoms with van der Waals surface area (Å²) in [5.41, 5.74) is 7.00. The van der Waals surface area contributed by atoms with Gasteiger partial charge in [0.1, 0.15) is 0 Å². The van der Waals surface area contributed by atoms with Crippen LogP contribution >= 0.6 is 0 Å². The van der Waals surface area contributed by atoms with Crippen LogP contribution in [0.15, 0.2) is 24.3 Å². The zero-order valence-electron chi connectivity index (χ0n) is 11.9. The van der Waals surface area contributed by atoms with Crippen molar-refractivity contribution in [3.8, 4) is 11.8 Å². The highest BCUT2D eigenvalue weighted by molar-refractivity contribution is 5.94. The quantitative estimate of drug-likeness (QED) is 0.816. The van der Waals surface area contributed by atoms with E-state index in [1.165, 1.54) is 0 Å². The summed E-state index contributed by atoms with van der Waals surface area (Å²) >= 11 is 0. The molecule has 1 aromatic carbocycles. The van der Waals surface area contributed by atoms with Crippen LogP contribution in [-0.4, -0.2) is 19.0 Å². The maximum atomic E-state index is 12.0. The molecule has 19 heavy (non-hydrogen) atoms. The lowest BCUT2D eigenvalue weighted by Crippen LogP contribution is -2.27. The SMILES string of the molecule is CC(C)(C)CCNC(=O)c1cccc(C#CCN)c1. The molecule has 0 fully saturated rings. The van der Waals surface area contributed by atoms with Crippen LogP contribution in [0.5, 0.6) is 0 Å². The zero-order valence-corrected chi connectivity index (χ0v) is 11.9. The molecular weight excluding hydrogens is 236 g/mol. The number of rotatable bonds is 3. The number of nitrogens with two attached hydrogens (primary N) is 1. The Morgan fingerprint density at radius 3 is 2.74 bits per heavy atom. The average molecular weight is 258 g/mol. The van der Waals surface area contributed by atoms with Crippen molar-refractivity contribution in [1.29, 1.82) is 0 Å². The first kappa shape index (κ1) is 15.3. The van der Waals surface area contributed by atoms with Gasteiger partial charge in [-0.05, 0) is 30.0 Å². The van der Waals surface area contributed by atoms with E-state index < -0.39 is 0 Å². The fraction of sp³-hybridized carbons (Fsp3) is 0.438. The summed E-state index contributed by atoms with van der Waals surface area (Å²) in [6, 6.07) is 7.28.